The molecule has 1 aromatic heterocycles. The average Bonchev–Trinajstić information content (AvgIpc) is 2.53. The predicted octanol–water partition coefficient (Wildman–Crippen LogP) is 2.61. The molecular formula is C12H21BNS. The maximum absolute atomic E-state index is 2.45. The molecule has 0 aromatic carbocycles. The highest BCUT2D eigenvalue weighted by Crippen LogP contribution is 2.03. The van der Waals surface area contributed by atoms with Gasteiger partial charge in [-0.25, -0.2) is 0 Å². The molecule has 0 unspecified atom stereocenters. The van der Waals surface area contributed by atoms with Crippen LogP contribution in [0.5, 0.6) is 0 Å². The Morgan fingerprint density at radius 1 is 1.20 bits per heavy atom. The van der Waals surface area contributed by atoms with Crippen molar-refractivity contribution in [3.05, 3.63) is 17.5 Å². The SMILES string of the molecule is CC(C)CN([B]c1cccs1)CC(C)C. The highest BCUT2D eigenvalue weighted by Gasteiger charge is 2.12. The van der Waals surface area contributed by atoms with Gasteiger partial charge < -0.3 is 4.81 Å². The molecule has 0 amide bonds. The molecule has 0 saturated carbocycles. The first kappa shape index (κ1) is 12.8. The van der Waals surface area contributed by atoms with Gasteiger partial charge in [-0.1, -0.05) is 39.8 Å². The second kappa shape index (κ2) is 6.34. The van der Waals surface area contributed by atoms with Crippen molar-refractivity contribution in [1.82, 2.24) is 4.81 Å². The Kier molecular flexibility index (Phi) is 5.41. The molecule has 1 heterocycles. The smallest absolute Gasteiger partial charge is 0.261 e. The van der Waals surface area contributed by atoms with Crippen molar-refractivity contribution >= 4 is 23.5 Å². The van der Waals surface area contributed by atoms with E-state index in [9.17, 15) is 0 Å². The zero-order valence-electron chi connectivity index (χ0n) is 10.2. The average molecular weight is 222 g/mol. The molecule has 0 aliphatic rings. The number of hydrogen-bond donors (Lipinski definition) is 0. The van der Waals surface area contributed by atoms with Crippen LogP contribution < -0.4 is 4.78 Å². The van der Waals surface area contributed by atoms with Crippen molar-refractivity contribution in [3.63, 3.8) is 0 Å². The largest absolute Gasteiger partial charge is 0.341 e. The highest BCUT2D eigenvalue weighted by atomic mass is 32.1. The van der Waals surface area contributed by atoms with E-state index in [0.717, 1.165) is 24.9 Å². The van der Waals surface area contributed by atoms with E-state index in [2.05, 4.69) is 57.4 Å². The van der Waals surface area contributed by atoms with Gasteiger partial charge in [0.05, 0.1) is 0 Å². The number of hydrogen-bond acceptors (Lipinski definition) is 2. The molecule has 0 atom stereocenters. The molecule has 0 fully saturated rings. The first-order valence-corrected chi connectivity index (χ1v) is 6.58. The van der Waals surface area contributed by atoms with Crippen LogP contribution in [0, 0.1) is 11.8 Å². The highest BCUT2D eigenvalue weighted by molar-refractivity contribution is 7.19. The van der Waals surface area contributed by atoms with Gasteiger partial charge in [0.15, 0.2) is 0 Å². The maximum atomic E-state index is 2.45. The molecular weight excluding hydrogens is 201 g/mol. The van der Waals surface area contributed by atoms with Crippen LogP contribution in [-0.2, 0) is 0 Å². The molecule has 0 spiro atoms. The fourth-order valence-electron chi connectivity index (χ4n) is 1.66. The Morgan fingerprint density at radius 2 is 1.80 bits per heavy atom. The van der Waals surface area contributed by atoms with Gasteiger partial charge in [-0.05, 0) is 35.1 Å². The summed E-state index contributed by atoms with van der Waals surface area (Å²) in [5.41, 5.74) is 0. The molecule has 15 heavy (non-hydrogen) atoms. The summed E-state index contributed by atoms with van der Waals surface area (Å²) in [6, 6.07) is 4.29. The van der Waals surface area contributed by atoms with Gasteiger partial charge >= 0.3 is 0 Å². The van der Waals surface area contributed by atoms with Crippen LogP contribution in [0.1, 0.15) is 27.7 Å². The van der Waals surface area contributed by atoms with Crippen molar-refractivity contribution in [1.29, 1.82) is 0 Å². The Hall–Kier alpha value is -0.275. The molecule has 0 saturated heterocycles. The van der Waals surface area contributed by atoms with E-state index in [-0.39, 0.29) is 0 Å². The molecule has 0 bridgehead atoms. The van der Waals surface area contributed by atoms with Crippen molar-refractivity contribution < 1.29 is 0 Å². The van der Waals surface area contributed by atoms with Crippen LogP contribution in [0.2, 0.25) is 0 Å². The predicted molar refractivity (Wildman–Crippen MR) is 71.0 cm³/mol. The maximum Gasteiger partial charge on any atom is 0.261 e. The van der Waals surface area contributed by atoms with Crippen LogP contribution >= 0.6 is 11.3 Å². The van der Waals surface area contributed by atoms with Crippen LogP contribution in [-0.4, -0.2) is 25.3 Å². The minimum absolute atomic E-state index is 0.722. The summed E-state index contributed by atoms with van der Waals surface area (Å²) < 4.78 is 1.36. The van der Waals surface area contributed by atoms with E-state index in [1.54, 1.807) is 0 Å². The van der Waals surface area contributed by atoms with E-state index >= 15 is 0 Å². The summed E-state index contributed by atoms with van der Waals surface area (Å²) in [6.45, 7) is 11.4. The molecule has 0 aliphatic heterocycles. The van der Waals surface area contributed by atoms with Crippen molar-refractivity contribution in [2.75, 3.05) is 13.1 Å². The van der Waals surface area contributed by atoms with E-state index in [4.69, 9.17) is 0 Å². The quantitative estimate of drug-likeness (QED) is 0.669. The zero-order chi connectivity index (χ0) is 11.3. The van der Waals surface area contributed by atoms with Gasteiger partial charge in [0.1, 0.15) is 0 Å². The van der Waals surface area contributed by atoms with Gasteiger partial charge in [0.25, 0.3) is 7.41 Å². The Morgan fingerprint density at radius 3 is 2.20 bits per heavy atom. The summed E-state index contributed by atoms with van der Waals surface area (Å²) >= 11 is 1.81. The third-order valence-electron chi connectivity index (χ3n) is 2.05. The Bertz CT molecular complexity index is 247. The number of rotatable bonds is 6. The van der Waals surface area contributed by atoms with Crippen LogP contribution in [0.25, 0.3) is 0 Å². The first-order chi connectivity index (χ1) is 7.08. The minimum Gasteiger partial charge on any atom is -0.341 e. The topological polar surface area (TPSA) is 3.24 Å². The van der Waals surface area contributed by atoms with Crippen molar-refractivity contribution in [2.45, 2.75) is 27.7 Å². The summed E-state index contributed by atoms with van der Waals surface area (Å²) in [5.74, 6) is 1.44. The summed E-state index contributed by atoms with van der Waals surface area (Å²) in [5, 5.41) is 2.13. The molecule has 1 rings (SSSR count). The summed E-state index contributed by atoms with van der Waals surface area (Å²) in [7, 11) is 2.30. The van der Waals surface area contributed by atoms with E-state index in [1.165, 1.54) is 4.78 Å². The lowest BCUT2D eigenvalue weighted by atomic mass is 9.86. The second-order valence-electron chi connectivity index (χ2n) is 4.89. The third-order valence-corrected chi connectivity index (χ3v) is 2.86. The van der Waals surface area contributed by atoms with Crippen LogP contribution in [0.4, 0.5) is 0 Å². The van der Waals surface area contributed by atoms with E-state index in [0.29, 0.717) is 0 Å². The van der Waals surface area contributed by atoms with Crippen LogP contribution in [0.15, 0.2) is 17.5 Å². The van der Waals surface area contributed by atoms with Crippen LogP contribution in [0.3, 0.4) is 0 Å². The third kappa shape index (κ3) is 5.38. The van der Waals surface area contributed by atoms with E-state index < -0.39 is 0 Å². The Balaban J connectivity index is 2.48. The molecule has 1 nitrogen and oxygen atoms in total. The summed E-state index contributed by atoms with van der Waals surface area (Å²) in [6.07, 6.45) is 0. The Labute approximate surface area is 98.8 Å². The summed E-state index contributed by atoms with van der Waals surface area (Å²) in [4.78, 5) is 2.45. The van der Waals surface area contributed by atoms with E-state index in [1.807, 2.05) is 11.3 Å². The number of thiophene rings is 1. The fourth-order valence-corrected chi connectivity index (χ4v) is 2.34. The fraction of sp³-hybridized carbons (Fsp3) is 0.667. The van der Waals surface area contributed by atoms with Gasteiger partial charge in [0.2, 0.25) is 0 Å². The lowest BCUT2D eigenvalue weighted by molar-refractivity contribution is 0.348. The standard InChI is InChI=1S/C12H21BNS/c1-10(2)8-14(9-11(3)4)13-12-6-5-7-15-12/h5-7,10-11H,8-9H2,1-4H3. The first-order valence-electron chi connectivity index (χ1n) is 5.70. The molecule has 3 heteroatoms. The van der Waals surface area contributed by atoms with Gasteiger partial charge in [-0.3, -0.25) is 0 Å². The van der Waals surface area contributed by atoms with Crippen molar-refractivity contribution in [3.8, 4) is 0 Å². The number of nitrogens with zero attached hydrogens (tertiary/aromatic N) is 1. The van der Waals surface area contributed by atoms with Crippen molar-refractivity contribution in [2.24, 2.45) is 11.8 Å². The molecule has 83 valence electrons. The lowest BCUT2D eigenvalue weighted by Crippen LogP contribution is -2.39. The minimum atomic E-state index is 0.722. The molecule has 1 aromatic rings. The molecule has 0 aliphatic carbocycles. The monoisotopic (exact) mass is 222 g/mol. The van der Waals surface area contributed by atoms with Gasteiger partial charge in [0, 0.05) is 0 Å². The van der Waals surface area contributed by atoms with Gasteiger partial charge in [-0.15, -0.1) is 0 Å². The molecule has 1 radical (unpaired) electrons. The normalized spacial score (nSPS) is 11.7. The molecule has 0 N–H and O–H groups in total. The lowest BCUT2D eigenvalue weighted by Gasteiger charge is -2.25. The second-order valence-corrected chi connectivity index (χ2v) is 5.87. The van der Waals surface area contributed by atoms with Gasteiger partial charge in [-0.2, -0.15) is 11.3 Å². The zero-order valence-corrected chi connectivity index (χ0v) is 11.1.